The summed E-state index contributed by atoms with van der Waals surface area (Å²) in [7, 11) is 2.98. The number of alkyl halides is 3. The second-order valence-corrected chi connectivity index (χ2v) is 3.09. The Labute approximate surface area is 79.6 Å². The third-order valence-corrected chi connectivity index (χ3v) is 1.77. The molecule has 14 heavy (non-hydrogen) atoms. The van der Waals surface area contributed by atoms with E-state index in [0.717, 1.165) is 18.2 Å². The van der Waals surface area contributed by atoms with E-state index in [-0.39, 0.29) is 11.4 Å². The van der Waals surface area contributed by atoms with Gasteiger partial charge in [0, 0.05) is 20.2 Å². The molecule has 0 saturated heterocycles. The normalized spacial score (nSPS) is 11.5. The molecular weight excluding hydrogens is 195 g/mol. The standard InChI is InChI=1S/C9H10F3NO/c1-13(2)8-5-6(14)3-4-7(8)9(10,11)12/h3-5,14H,1-2H3. The van der Waals surface area contributed by atoms with Crippen LogP contribution in [0.2, 0.25) is 0 Å². The van der Waals surface area contributed by atoms with Crippen molar-refractivity contribution in [2.45, 2.75) is 6.18 Å². The predicted octanol–water partition coefficient (Wildman–Crippen LogP) is 2.48. The molecule has 0 aromatic heterocycles. The van der Waals surface area contributed by atoms with Crippen molar-refractivity contribution in [2.75, 3.05) is 19.0 Å². The molecule has 1 N–H and O–H groups in total. The minimum atomic E-state index is -4.40. The van der Waals surface area contributed by atoms with Crippen molar-refractivity contribution in [3.8, 4) is 5.75 Å². The number of halogens is 3. The summed E-state index contributed by atoms with van der Waals surface area (Å²) in [6.45, 7) is 0. The lowest BCUT2D eigenvalue weighted by molar-refractivity contribution is -0.137. The maximum absolute atomic E-state index is 12.4. The van der Waals surface area contributed by atoms with E-state index >= 15 is 0 Å². The zero-order valence-electron chi connectivity index (χ0n) is 7.76. The van der Waals surface area contributed by atoms with Crippen LogP contribution in [0.25, 0.3) is 0 Å². The number of benzene rings is 1. The fourth-order valence-electron chi connectivity index (χ4n) is 1.13. The Bertz CT molecular complexity index is 333. The Morgan fingerprint density at radius 3 is 2.21 bits per heavy atom. The highest BCUT2D eigenvalue weighted by Gasteiger charge is 2.34. The molecule has 0 bridgehead atoms. The second-order valence-electron chi connectivity index (χ2n) is 3.09. The number of aromatic hydroxyl groups is 1. The van der Waals surface area contributed by atoms with Crippen molar-refractivity contribution >= 4 is 5.69 Å². The van der Waals surface area contributed by atoms with Crippen molar-refractivity contribution in [3.05, 3.63) is 23.8 Å². The largest absolute Gasteiger partial charge is 0.508 e. The Balaban J connectivity index is 3.29. The average Bonchev–Trinajstić information content (AvgIpc) is 2.01. The van der Waals surface area contributed by atoms with Crippen LogP contribution < -0.4 is 4.90 Å². The van der Waals surface area contributed by atoms with Crippen molar-refractivity contribution in [2.24, 2.45) is 0 Å². The summed E-state index contributed by atoms with van der Waals surface area (Å²) in [5.41, 5.74) is -0.794. The molecule has 0 atom stereocenters. The molecule has 0 heterocycles. The topological polar surface area (TPSA) is 23.5 Å². The smallest absolute Gasteiger partial charge is 0.418 e. The minimum absolute atomic E-state index is 0.0440. The van der Waals surface area contributed by atoms with Crippen LogP contribution in [0.15, 0.2) is 18.2 Å². The van der Waals surface area contributed by atoms with Crippen molar-refractivity contribution in [1.29, 1.82) is 0 Å². The molecule has 0 saturated carbocycles. The number of rotatable bonds is 1. The number of hydrogen-bond acceptors (Lipinski definition) is 2. The summed E-state index contributed by atoms with van der Waals surface area (Å²) in [4.78, 5) is 1.31. The molecule has 1 rings (SSSR count). The highest BCUT2D eigenvalue weighted by Crippen LogP contribution is 2.37. The maximum Gasteiger partial charge on any atom is 0.418 e. The zero-order valence-corrected chi connectivity index (χ0v) is 7.76. The van der Waals surface area contributed by atoms with Gasteiger partial charge in [-0.25, -0.2) is 0 Å². The first-order chi connectivity index (χ1) is 6.32. The molecule has 0 radical (unpaired) electrons. The van der Waals surface area contributed by atoms with Gasteiger partial charge in [-0.05, 0) is 12.1 Å². The monoisotopic (exact) mass is 205 g/mol. The molecule has 1 aromatic rings. The van der Waals surface area contributed by atoms with E-state index in [1.54, 1.807) is 0 Å². The summed E-state index contributed by atoms with van der Waals surface area (Å²) in [5, 5.41) is 9.06. The lowest BCUT2D eigenvalue weighted by Gasteiger charge is -2.19. The molecule has 0 fully saturated rings. The molecule has 1 aromatic carbocycles. The molecule has 0 aliphatic carbocycles. The van der Waals surface area contributed by atoms with Gasteiger partial charge >= 0.3 is 6.18 Å². The molecule has 78 valence electrons. The van der Waals surface area contributed by atoms with Crippen molar-refractivity contribution < 1.29 is 18.3 Å². The van der Waals surface area contributed by atoms with E-state index in [0.29, 0.717) is 0 Å². The fraction of sp³-hybridized carbons (Fsp3) is 0.333. The Hall–Kier alpha value is -1.39. The van der Waals surface area contributed by atoms with Gasteiger partial charge in [0.1, 0.15) is 5.75 Å². The van der Waals surface area contributed by atoms with Crippen molar-refractivity contribution in [1.82, 2.24) is 0 Å². The lowest BCUT2D eigenvalue weighted by Crippen LogP contribution is -2.16. The first-order valence-electron chi connectivity index (χ1n) is 3.90. The molecule has 0 spiro atoms. The molecule has 0 unspecified atom stereocenters. The number of hydrogen-bond donors (Lipinski definition) is 1. The minimum Gasteiger partial charge on any atom is -0.508 e. The summed E-state index contributed by atoms with van der Waals surface area (Å²) < 4.78 is 37.3. The van der Waals surface area contributed by atoms with Gasteiger partial charge in [-0.15, -0.1) is 0 Å². The summed E-state index contributed by atoms with van der Waals surface area (Å²) >= 11 is 0. The molecule has 5 heteroatoms. The fourth-order valence-corrected chi connectivity index (χ4v) is 1.13. The number of phenolic OH excluding ortho intramolecular Hbond substituents is 1. The highest BCUT2D eigenvalue weighted by atomic mass is 19.4. The molecule has 0 aliphatic heterocycles. The first kappa shape index (κ1) is 10.7. The number of anilines is 1. The summed E-state index contributed by atoms with van der Waals surface area (Å²) in [6.07, 6.45) is -4.40. The van der Waals surface area contributed by atoms with Gasteiger partial charge < -0.3 is 10.0 Å². The van der Waals surface area contributed by atoms with Crippen LogP contribution in [0.4, 0.5) is 18.9 Å². The first-order valence-corrected chi connectivity index (χ1v) is 3.90. The number of phenols is 1. The highest BCUT2D eigenvalue weighted by molar-refractivity contribution is 5.57. The SMILES string of the molecule is CN(C)c1cc(O)ccc1C(F)(F)F. The third-order valence-electron chi connectivity index (χ3n) is 1.77. The Morgan fingerprint density at radius 2 is 1.79 bits per heavy atom. The molecule has 2 nitrogen and oxygen atoms in total. The van der Waals surface area contributed by atoms with Gasteiger partial charge in [0.15, 0.2) is 0 Å². The van der Waals surface area contributed by atoms with Gasteiger partial charge in [0.25, 0.3) is 0 Å². The van der Waals surface area contributed by atoms with Crippen LogP contribution in [0.3, 0.4) is 0 Å². The Morgan fingerprint density at radius 1 is 1.21 bits per heavy atom. The van der Waals surface area contributed by atoms with Gasteiger partial charge in [0.2, 0.25) is 0 Å². The van der Waals surface area contributed by atoms with E-state index in [2.05, 4.69) is 0 Å². The predicted molar refractivity (Wildman–Crippen MR) is 47.4 cm³/mol. The molecular formula is C9H10F3NO. The van der Waals surface area contributed by atoms with E-state index < -0.39 is 11.7 Å². The average molecular weight is 205 g/mol. The quantitative estimate of drug-likeness (QED) is 0.761. The molecule has 0 aliphatic rings. The van der Waals surface area contributed by atoms with Crippen LogP contribution in [-0.2, 0) is 6.18 Å². The van der Waals surface area contributed by atoms with Crippen molar-refractivity contribution in [3.63, 3.8) is 0 Å². The van der Waals surface area contributed by atoms with Gasteiger partial charge in [-0.2, -0.15) is 13.2 Å². The van der Waals surface area contributed by atoms with Crippen LogP contribution in [0, 0.1) is 0 Å². The van der Waals surface area contributed by atoms with Gasteiger partial charge in [-0.3, -0.25) is 0 Å². The molecule has 0 amide bonds. The van der Waals surface area contributed by atoms with Gasteiger partial charge in [-0.1, -0.05) is 0 Å². The van der Waals surface area contributed by atoms with E-state index in [1.165, 1.54) is 19.0 Å². The lowest BCUT2D eigenvalue weighted by atomic mass is 10.1. The Kier molecular flexibility index (Phi) is 2.59. The van der Waals surface area contributed by atoms with E-state index in [9.17, 15) is 13.2 Å². The van der Waals surface area contributed by atoms with Gasteiger partial charge in [0.05, 0.1) is 11.3 Å². The number of nitrogens with zero attached hydrogens (tertiary/aromatic N) is 1. The third kappa shape index (κ3) is 2.10. The van der Waals surface area contributed by atoms with Crippen LogP contribution >= 0.6 is 0 Å². The van der Waals surface area contributed by atoms with Crippen LogP contribution in [0.1, 0.15) is 5.56 Å². The van der Waals surface area contributed by atoms with Crippen LogP contribution in [-0.4, -0.2) is 19.2 Å². The summed E-state index contributed by atoms with van der Waals surface area (Å²) in [5.74, 6) is -0.179. The van der Waals surface area contributed by atoms with Crippen LogP contribution in [0.5, 0.6) is 5.75 Å². The maximum atomic E-state index is 12.4. The van der Waals surface area contributed by atoms with E-state index in [4.69, 9.17) is 5.11 Å². The summed E-state index contributed by atoms with van der Waals surface area (Å²) in [6, 6.07) is 2.98. The second kappa shape index (κ2) is 3.40. The zero-order chi connectivity index (χ0) is 10.9. The van der Waals surface area contributed by atoms with E-state index in [1.807, 2.05) is 0 Å².